The Kier molecular flexibility index (Phi) is 2.98. The number of piperidine rings is 1. The fourth-order valence-corrected chi connectivity index (χ4v) is 7.09. The fraction of sp³-hybridized carbons (Fsp3) is 0.611. The van der Waals surface area contributed by atoms with Crippen LogP contribution in [0.3, 0.4) is 0 Å². The van der Waals surface area contributed by atoms with Crippen LogP contribution in [0.15, 0.2) is 12.1 Å². The lowest BCUT2D eigenvalue weighted by molar-refractivity contribution is -0.179. The van der Waals surface area contributed by atoms with Gasteiger partial charge >= 0.3 is 0 Å². The van der Waals surface area contributed by atoms with E-state index >= 15 is 0 Å². The Morgan fingerprint density at radius 2 is 2.21 bits per heavy atom. The number of rotatable bonds is 1. The van der Waals surface area contributed by atoms with E-state index in [4.69, 9.17) is 9.47 Å². The molecule has 5 atom stereocenters. The monoisotopic (exact) mass is 441 g/mol. The van der Waals surface area contributed by atoms with Gasteiger partial charge < -0.3 is 19.5 Å². The van der Waals surface area contributed by atoms with Crippen LogP contribution in [-0.4, -0.2) is 58.2 Å². The molecule has 1 spiro atoms. The number of methoxy groups -OCH3 is 1. The van der Waals surface area contributed by atoms with Gasteiger partial charge in [-0.15, -0.1) is 0 Å². The molecule has 1 saturated heterocycles. The molecule has 0 amide bonds. The second-order valence-corrected chi connectivity index (χ2v) is 9.02. The Bertz CT molecular complexity index is 768. The number of carbonyl (C=O) groups is 1. The van der Waals surface area contributed by atoms with Gasteiger partial charge in [-0.25, -0.2) is 0 Å². The average Bonchev–Trinajstić information content (AvgIpc) is 2.91. The third-order valence-corrected chi connectivity index (χ3v) is 8.12. The zero-order valence-corrected chi connectivity index (χ0v) is 15.9. The zero-order valence-electron chi connectivity index (χ0n) is 13.7. The first kappa shape index (κ1) is 15.4. The minimum absolute atomic E-state index is 0.0131. The molecule has 2 aliphatic heterocycles. The summed E-state index contributed by atoms with van der Waals surface area (Å²) in [5.41, 5.74) is 0.633. The molecule has 1 aromatic carbocycles. The van der Waals surface area contributed by atoms with Crippen LogP contribution in [0.25, 0.3) is 0 Å². The first-order valence-electron chi connectivity index (χ1n) is 8.41. The quantitative estimate of drug-likeness (QED) is 0.529. The molecule has 5 rings (SSSR count). The van der Waals surface area contributed by atoms with Gasteiger partial charge in [-0.3, -0.25) is 4.79 Å². The van der Waals surface area contributed by atoms with E-state index in [0.717, 1.165) is 24.9 Å². The molecule has 4 aliphatic rings. The minimum atomic E-state index is -0.955. The molecule has 2 heterocycles. The number of alkyl halides is 1. The summed E-state index contributed by atoms with van der Waals surface area (Å²) in [6.45, 7) is 0.861. The van der Waals surface area contributed by atoms with E-state index in [-0.39, 0.29) is 15.7 Å². The molecular formula is C18H20INO4. The van der Waals surface area contributed by atoms with Crippen LogP contribution in [0.5, 0.6) is 11.5 Å². The number of halogens is 1. The third kappa shape index (κ3) is 1.44. The Labute approximate surface area is 154 Å². The number of aliphatic hydroxyl groups is 1. The summed E-state index contributed by atoms with van der Waals surface area (Å²) in [6, 6.07) is 4.02. The maximum absolute atomic E-state index is 12.9. The molecule has 1 N–H and O–H groups in total. The lowest BCUT2D eigenvalue weighted by Gasteiger charge is -2.63. The predicted molar refractivity (Wildman–Crippen MR) is 96.2 cm³/mol. The average molecular weight is 441 g/mol. The van der Waals surface area contributed by atoms with E-state index in [9.17, 15) is 9.90 Å². The molecule has 1 saturated carbocycles. The second kappa shape index (κ2) is 4.65. The molecule has 0 aromatic heterocycles. The smallest absolute Gasteiger partial charge is 0.175 e. The van der Waals surface area contributed by atoms with Crippen molar-refractivity contribution in [2.45, 2.75) is 46.3 Å². The first-order valence-corrected chi connectivity index (χ1v) is 9.66. The molecular weight excluding hydrogens is 421 g/mol. The number of nitrogens with zero attached hydrogens (tertiary/aromatic N) is 1. The lowest BCUT2D eigenvalue weighted by Crippen LogP contribution is -2.79. The molecule has 2 bridgehead atoms. The predicted octanol–water partition coefficient (Wildman–Crippen LogP) is 1.46. The van der Waals surface area contributed by atoms with Crippen LogP contribution in [0.1, 0.15) is 24.0 Å². The third-order valence-electron chi connectivity index (χ3n) is 6.73. The summed E-state index contributed by atoms with van der Waals surface area (Å²) in [6.07, 6.45) is 1.29. The number of hydrogen-bond acceptors (Lipinski definition) is 5. The topological polar surface area (TPSA) is 59.0 Å². The van der Waals surface area contributed by atoms with E-state index < -0.39 is 17.1 Å². The lowest BCUT2D eigenvalue weighted by atomic mass is 9.49. The number of Topliss-reactive ketones (excluding diaryl/α,β-unsaturated/α-hetero) is 1. The van der Waals surface area contributed by atoms with Crippen LogP contribution in [0, 0.1) is 0 Å². The fourth-order valence-electron chi connectivity index (χ4n) is 5.69. The SMILES string of the molecule is COc1ccc2c3c1O[C@H]1C(=O)C[C@@H](I)[C@@]4(O)[C@@H](C2)N(C)CC[C@]314. The summed E-state index contributed by atoms with van der Waals surface area (Å²) in [4.78, 5) is 15.1. The summed E-state index contributed by atoms with van der Waals surface area (Å²) in [7, 11) is 3.70. The maximum atomic E-state index is 12.9. The normalized spacial score (nSPS) is 42.5. The van der Waals surface area contributed by atoms with Crippen molar-refractivity contribution in [2.24, 2.45) is 0 Å². The number of ketones is 1. The summed E-state index contributed by atoms with van der Waals surface area (Å²) in [5, 5.41) is 12.0. The van der Waals surface area contributed by atoms with Gasteiger partial charge in [0, 0.05) is 22.0 Å². The number of carbonyl (C=O) groups excluding carboxylic acids is 1. The molecule has 1 aromatic rings. The Morgan fingerprint density at radius 3 is 2.96 bits per heavy atom. The van der Waals surface area contributed by atoms with Crippen LogP contribution in [0.2, 0.25) is 0 Å². The Hall–Kier alpha value is -0.860. The first-order chi connectivity index (χ1) is 11.4. The van der Waals surface area contributed by atoms with Gasteiger partial charge in [-0.2, -0.15) is 0 Å². The van der Waals surface area contributed by atoms with E-state index in [1.54, 1.807) is 7.11 Å². The molecule has 2 fully saturated rings. The van der Waals surface area contributed by atoms with Crippen molar-refractivity contribution in [1.82, 2.24) is 4.90 Å². The van der Waals surface area contributed by atoms with E-state index in [1.807, 2.05) is 6.07 Å². The molecule has 6 heteroatoms. The Balaban J connectivity index is 1.87. The molecule has 5 nitrogen and oxygen atoms in total. The van der Waals surface area contributed by atoms with Crippen LogP contribution < -0.4 is 9.47 Å². The van der Waals surface area contributed by atoms with E-state index in [2.05, 4.69) is 40.6 Å². The van der Waals surface area contributed by atoms with Crippen molar-refractivity contribution in [3.8, 4) is 11.5 Å². The van der Waals surface area contributed by atoms with E-state index in [1.165, 1.54) is 5.56 Å². The maximum Gasteiger partial charge on any atom is 0.175 e. The van der Waals surface area contributed by atoms with Gasteiger partial charge in [0.05, 0.1) is 12.5 Å². The van der Waals surface area contributed by atoms with Gasteiger partial charge in [-0.05, 0) is 38.1 Å². The summed E-state index contributed by atoms with van der Waals surface area (Å²) in [5.74, 6) is 1.45. The van der Waals surface area contributed by atoms with Gasteiger partial charge in [0.1, 0.15) is 5.60 Å². The summed E-state index contributed by atoms with van der Waals surface area (Å²) >= 11 is 2.28. The van der Waals surface area contributed by atoms with Gasteiger partial charge in [-0.1, -0.05) is 28.7 Å². The number of ether oxygens (including phenoxy) is 2. The highest BCUT2D eigenvalue weighted by Gasteiger charge is 2.75. The van der Waals surface area contributed by atoms with Crippen LogP contribution in [0.4, 0.5) is 0 Å². The second-order valence-electron chi connectivity index (χ2n) is 7.51. The number of likely N-dealkylation sites (N-methyl/N-ethyl adjacent to an activating group) is 1. The largest absolute Gasteiger partial charge is 0.493 e. The van der Waals surface area contributed by atoms with Crippen molar-refractivity contribution in [3.63, 3.8) is 0 Å². The standard InChI is InChI=1S/C18H20INO4/c1-20-6-5-17-14-9-3-4-11(23-2)15(14)24-16(17)10(21)8-12(19)18(17,22)13(20)7-9/h3-4,12-13,16,22H,5-8H2,1-2H3/t12-,13-,16+,17+,18-/m1/s1. The van der Waals surface area contributed by atoms with Crippen LogP contribution in [-0.2, 0) is 16.6 Å². The minimum Gasteiger partial charge on any atom is -0.493 e. The van der Waals surface area contributed by atoms with Crippen molar-refractivity contribution >= 4 is 28.4 Å². The van der Waals surface area contributed by atoms with Gasteiger partial charge in [0.15, 0.2) is 23.4 Å². The van der Waals surface area contributed by atoms with E-state index in [0.29, 0.717) is 17.9 Å². The highest BCUT2D eigenvalue weighted by molar-refractivity contribution is 14.1. The van der Waals surface area contributed by atoms with Crippen LogP contribution >= 0.6 is 22.6 Å². The van der Waals surface area contributed by atoms with Gasteiger partial charge in [0.2, 0.25) is 0 Å². The van der Waals surface area contributed by atoms with Crippen molar-refractivity contribution < 1.29 is 19.4 Å². The van der Waals surface area contributed by atoms with Gasteiger partial charge in [0.25, 0.3) is 0 Å². The molecule has 24 heavy (non-hydrogen) atoms. The molecule has 128 valence electrons. The number of benzene rings is 1. The molecule has 2 aliphatic carbocycles. The number of likely N-dealkylation sites (tertiary alicyclic amines) is 1. The summed E-state index contributed by atoms with van der Waals surface area (Å²) < 4.78 is 11.6. The number of hydrogen-bond donors (Lipinski definition) is 1. The van der Waals surface area contributed by atoms with Crippen molar-refractivity contribution in [2.75, 3.05) is 20.7 Å². The molecule has 0 radical (unpaired) electrons. The Morgan fingerprint density at radius 1 is 1.42 bits per heavy atom. The highest BCUT2D eigenvalue weighted by Crippen LogP contribution is 2.65. The van der Waals surface area contributed by atoms with Crippen molar-refractivity contribution in [1.29, 1.82) is 0 Å². The zero-order chi connectivity index (χ0) is 16.9. The molecule has 0 unspecified atom stereocenters. The highest BCUT2D eigenvalue weighted by atomic mass is 127. The van der Waals surface area contributed by atoms with Crippen molar-refractivity contribution in [3.05, 3.63) is 23.3 Å².